The van der Waals surface area contributed by atoms with Gasteiger partial charge >= 0.3 is 0 Å². The molecule has 0 saturated carbocycles. The second kappa shape index (κ2) is 13.1. The van der Waals surface area contributed by atoms with Gasteiger partial charge in [-0.15, -0.1) is 0 Å². The minimum atomic E-state index is -0.684. The van der Waals surface area contributed by atoms with Crippen molar-refractivity contribution in [1.29, 1.82) is 0 Å². The van der Waals surface area contributed by atoms with Gasteiger partial charge in [-0.1, -0.05) is 114 Å². The molecule has 5 aromatic rings. The van der Waals surface area contributed by atoms with Crippen molar-refractivity contribution < 1.29 is 4.94 Å². The van der Waals surface area contributed by atoms with Crippen LogP contribution in [0.1, 0.15) is 47.2 Å². The van der Waals surface area contributed by atoms with Crippen LogP contribution >= 0.6 is 0 Å². The van der Waals surface area contributed by atoms with Crippen LogP contribution in [0, 0.1) is 13.8 Å². The normalized spacial score (nSPS) is 20.4. The number of nitrogens with zero attached hydrogens (tertiary/aromatic N) is 3. The van der Waals surface area contributed by atoms with Crippen molar-refractivity contribution in [2.75, 3.05) is 4.90 Å². The molecule has 0 spiro atoms. The monoisotopic (exact) mass is 625 g/mol. The smallest absolute Gasteiger partial charge is 0.121 e. The lowest BCUT2D eigenvalue weighted by atomic mass is 9.83. The molecule has 2 aliphatic rings. The Balaban J connectivity index is 1.49. The molecule has 2 aliphatic heterocycles. The Morgan fingerprint density at radius 1 is 0.625 bits per heavy atom. The number of allylic oxidation sites excluding steroid dienone is 6. The fourth-order valence-corrected chi connectivity index (χ4v) is 6.89. The molecule has 0 aromatic heterocycles. The summed E-state index contributed by atoms with van der Waals surface area (Å²) in [7, 11) is 0. The van der Waals surface area contributed by atoms with Gasteiger partial charge in [0.25, 0.3) is 0 Å². The van der Waals surface area contributed by atoms with E-state index in [-0.39, 0.29) is 0 Å². The van der Waals surface area contributed by atoms with E-state index in [1.165, 1.54) is 11.1 Å². The van der Waals surface area contributed by atoms with Gasteiger partial charge in [0, 0.05) is 23.3 Å². The summed E-state index contributed by atoms with van der Waals surface area (Å²) >= 11 is 0. The average molecular weight is 626 g/mol. The number of hydrogen-bond donors (Lipinski definition) is 0. The summed E-state index contributed by atoms with van der Waals surface area (Å²) < 4.78 is 0. The second-order valence-corrected chi connectivity index (χ2v) is 12.5. The molecule has 0 amide bonds. The zero-order valence-corrected chi connectivity index (χ0v) is 27.8. The minimum Gasteiger partial charge on any atom is -0.310 e. The lowest BCUT2D eigenvalue weighted by molar-refractivity contribution is -0.172. The van der Waals surface area contributed by atoms with E-state index < -0.39 is 5.54 Å². The van der Waals surface area contributed by atoms with Crippen molar-refractivity contribution in [3.8, 4) is 0 Å². The molecule has 0 fully saturated rings. The summed E-state index contributed by atoms with van der Waals surface area (Å²) in [4.78, 5) is 8.65. The molecule has 0 saturated heterocycles. The van der Waals surface area contributed by atoms with Crippen LogP contribution in [0.25, 0.3) is 16.7 Å². The highest BCUT2D eigenvalue weighted by molar-refractivity contribution is 5.93. The lowest BCUT2D eigenvalue weighted by Gasteiger charge is -2.40. The van der Waals surface area contributed by atoms with Crippen LogP contribution in [0.2, 0.25) is 0 Å². The van der Waals surface area contributed by atoms with E-state index in [1.54, 1.807) is 6.21 Å². The molecule has 0 radical (unpaired) electrons. The predicted octanol–water partition coefficient (Wildman–Crippen LogP) is 11.3. The van der Waals surface area contributed by atoms with Crippen LogP contribution in [0.3, 0.4) is 0 Å². The largest absolute Gasteiger partial charge is 0.310 e. The number of para-hydroxylation sites is 1. The van der Waals surface area contributed by atoms with Gasteiger partial charge in [0.05, 0.1) is 6.21 Å². The van der Waals surface area contributed by atoms with Crippen LogP contribution in [0.15, 0.2) is 163 Å². The predicted molar refractivity (Wildman–Crippen MR) is 201 cm³/mol. The molecule has 4 nitrogen and oxygen atoms in total. The molecule has 1 atom stereocenters. The molecule has 0 N–H and O–H groups in total. The second-order valence-electron chi connectivity index (χ2n) is 12.5. The van der Waals surface area contributed by atoms with Gasteiger partial charge < -0.3 is 4.90 Å². The number of hydrogen-bond acceptors (Lipinski definition) is 4. The summed E-state index contributed by atoms with van der Waals surface area (Å²) in [5.74, 6) is 0. The zero-order chi connectivity index (χ0) is 33.1. The maximum atomic E-state index is 6.26. The Morgan fingerprint density at radius 3 is 1.92 bits per heavy atom. The Kier molecular flexibility index (Phi) is 8.39. The highest BCUT2D eigenvalue weighted by Crippen LogP contribution is 2.45. The summed E-state index contributed by atoms with van der Waals surface area (Å²) in [6.07, 6.45) is 12.4. The highest BCUT2D eigenvalue weighted by atomic mass is 16.8. The number of benzene rings is 5. The molecule has 4 bridgehead atoms. The Bertz CT molecular complexity index is 2090. The average Bonchev–Trinajstić information content (AvgIpc) is 3.12. The van der Waals surface area contributed by atoms with E-state index in [0.717, 1.165) is 56.0 Å². The van der Waals surface area contributed by atoms with Crippen molar-refractivity contribution in [2.24, 2.45) is 5.16 Å². The molecule has 236 valence electrons. The van der Waals surface area contributed by atoms with Crippen LogP contribution in [0.5, 0.6) is 0 Å². The van der Waals surface area contributed by atoms with E-state index >= 15 is 0 Å². The first-order valence-corrected chi connectivity index (χ1v) is 16.4. The van der Waals surface area contributed by atoms with Crippen molar-refractivity contribution in [2.45, 2.75) is 33.2 Å². The Labute approximate surface area is 283 Å². The molecule has 0 aliphatic carbocycles. The molecule has 48 heavy (non-hydrogen) atoms. The summed E-state index contributed by atoms with van der Waals surface area (Å²) in [6.45, 7) is 8.81. The van der Waals surface area contributed by atoms with E-state index in [4.69, 9.17) is 4.94 Å². The molecule has 7 rings (SSSR count). The van der Waals surface area contributed by atoms with Crippen molar-refractivity contribution in [1.82, 2.24) is 5.06 Å². The van der Waals surface area contributed by atoms with Gasteiger partial charge in [-0.3, -0.25) is 4.94 Å². The number of oxime groups is 1. The van der Waals surface area contributed by atoms with Gasteiger partial charge in [0.1, 0.15) is 5.54 Å². The first-order chi connectivity index (χ1) is 23.4. The lowest BCUT2D eigenvalue weighted by Crippen LogP contribution is -2.40. The third kappa shape index (κ3) is 5.78. The van der Waals surface area contributed by atoms with Crippen LogP contribution in [0.4, 0.5) is 17.1 Å². The third-order valence-electron chi connectivity index (χ3n) is 9.40. The highest BCUT2D eigenvalue weighted by Gasteiger charge is 2.37. The summed E-state index contributed by atoms with van der Waals surface area (Å²) in [5.41, 5.74) is 12.9. The topological polar surface area (TPSA) is 28.1 Å². The van der Waals surface area contributed by atoms with Gasteiger partial charge in [-0.2, -0.15) is 5.06 Å². The third-order valence-corrected chi connectivity index (χ3v) is 9.40. The van der Waals surface area contributed by atoms with Gasteiger partial charge in [-0.05, 0) is 120 Å². The summed E-state index contributed by atoms with van der Waals surface area (Å²) in [5, 5.41) is 6.36. The Hall–Kier alpha value is -5.87. The van der Waals surface area contributed by atoms with Crippen LogP contribution in [-0.2, 0) is 10.5 Å². The van der Waals surface area contributed by atoms with E-state index in [2.05, 4.69) is 171 Å². The molecule has 2 heterocycles. The number of anilines is 3. The molecule has 5 aromatic carbocycles. The van der Waals surface area contributed by atoms with E-state index in [0.29, 0.717) is 0 Å². The zero-order valence-electron chi connectivity index (χ0n) is 27.8. The number of fused-ring (bicyclic) bond motifs is 6. The quantitative estimate of drug-likeness (QED) is 0.200. The summed E-state index contributed by atoms with van der Waals surface area (Å²) in [6, 6.07) is 44.7. The fourth-order valence-electron chi connectivity index (χ4n) is 6.89. The first-order valence-electron chi connectivity index (χ1n) is 16.4. The number of rotatable bonds is 3. The van der Waals surface area contributed by atoms with Gasteiger partial charge in [-0.25, -0.2) is 0 Å². The van der Waals surface area contributed by atoms with Gasteiger partial charge in [0.2, 0.25) is 0 Å². The van der Waals surface area contributed by atoms with Crippen molar-refractivity contribution >= 4 is 40.0 Å². The maximum Gasteiger partial charge on any atom is 0.121 e. The van der Waals surface area contributed by atoms with Crippen LogP contribution < -0.4 is 4.90 Å². The van der Waals surface area contributed by atoms with Crippen molar-refractivity contribution in [3.63, 3.8) is 0 Å². The molecule has 1 unspecified atom stereocenters. The minimum absolute atomic E-state index is 0.684. The Morgan fingerprint density at radius 2 is 1.23 bits per heavy atom. The number of hydroxylamine groups is 2. The van der Waals surface area contributed by atoms with E-state index in [1.807, 2.05) is 29.5 Å². The SMILES string of the molecule is C\C1=C/C(c2ccccc2)=C\C=N\ON2C=CC(c3ccccc3)=CC2(C)c2cccc(c2C)N(c2ccccc2)c2cccc1c2C. The van der Waals surface area contributed by atoms with Crippen molar-refractivity contribution in [3.05, 3.63) is 191 Å². The first kappa shape index (κ1) is 30.8. The molecule has 4 heteroatoms. The standard InChI is InChI=1S/C44H39N3O/c1-32-30-37(35-16-8-5-9-17-35)26-28-45-48-46-29-27-38(36-18-10-6-11-19-36)31-44(46,4)41-23-15-25-43(34(41)3)47(39-20-12-7-13-21-39)42-24-14-22-40(32)33(42)2/h5-31H,1-4H3/b32-30+,37-26+,45-28+. The van der Waals surface area contributed by atoms with E-state index in [9.17, 15) is 0 Å². The maximum absolute atomic E-state index is 6.26. The molecular weight excluding hydrogens is 587 g/mol. The van der Waals surface area contributed by atoms with Gasteiger partial charge in [0.15, 0.2) is 0 Å². The molecular formula is C44H39N3O. The van der Waals surface area contributed by atoms with Crippen LogP contribution in [-0.4, -0.2) is 11.3 Å². The fraction of sp³-hybridized carbons (Fsp3) is 0.114.